The average molecular weight is 328 g/mol. The summed E-state index contributed by atoms with van der Waals surface area (Å²) in [5.74, 6) is -0.591. The van der Waals surface area contributed by atoms with Crippen LogP contribution in [0.2, 0.25) is 5.02 Å². The van der Waals surface area contributed by atoms with Crippen LogP contribution in [0.25, 0.3) is 0 Å². The molecule has 112 valence electrons. The van der Waals surface area contributed by atoms with Crippen molar-refractivity contribution in [1.29, 1.82) is 0 Å². The van der Waals surface area contributed by atoms with Crippen molar-refractivity contribution in [3.63, 3.8) is 0 Å². The van der Waals surface area contributed by atoms with Gasteiger partial charge in [0.15, 0.2) is 0 Å². The van der Waals surface area contributed by atoms with E-state index in [2.05, 4.69) is 0 Å². The highest BCUT2D eigenvalue weighted by Gasteiger charge is 2.13. The quantitative estimate of drug-likeness (QED) is 0.798. The van der Waals surface area contributed by atoms with Crippen LogP contribution in [0.5, 0.6) is 0 Å². The smallest absolute Gasteiger partial charge is 0.140 e. The summed E-state index contributed by atoms with van der Waals surface area (Å²) in [6.45, 7) is 1.80. The molecule has 0 radical (unpaired) electrons. The maximum atomic E-state index is 14.0. The zero-order valence-electron chi connectivity index (χ0n) is 11.6. The SMILES string of the molecule is CC(N)Cc1cc(F)c(SCc2ccc(Cl)cc2)c(F)c1. The Bertz CT molecular complexity index is 591. The summed E-state index contributed by atoms with van der Waals surface area (Å²) in [5, 5.41) is 0.640. The lowest BCUT2D eigenvalue weighted by Crippen LogP contribution is -2.18. The van der Waals surface area contributed by atoms with E-state index in [9.17, 15) is 8.78 Å². The van der Waals surface area contributed by atoms with E-state index in [1.807, 2.05) is 12.1 Å². The first-order valence-corrected chi connectivity index (χ1v) is 7.93. The molecule has 2 rings (SSSR count). The highest BCUT2D eigenvalue weighted by Crippen LogP contribution is 2.29. The van der Waals surface area contributed by atoms with Gasteiger partial charge in [0.2, 0.25) is 0 Å². The Kier molecular flexibility index (Phi) is 5.62. The van der Waals surface area contributed by atoms with Crippen molar-refractivity contribution in [2.24, 2.45) is 5.73 Å². The largest absolute Gasteiger partial charge is 0.328 e. The third-order valence-corrected chi connectivity index (χ3v) is 4.32. The van der Waals surface area contributed by atoms with Crippen LogP contribution < -0.4 is 5.73 Å². The van der Waals surface area contributed by atoms with Crippen molar-refractivity contribution in [3.8, 4) is 0 Å². The van der Waals surface area contributed by atoms with E-state index in [0.29, 0.717) is 22.8 Å². The van der Waals surface area contributed by atoms with Crippen molar-refractivity contribution >= 4 is 23.4 Å². The van der Waals surface area contributed by atoms with Gasteiger partial charge in [-0.1, -0.05) is 23.7 Å². The Hall–Kier alpha value is -1.10. The molecule has 0 fully saturated rings. The molecule has 0 saturated heterocycles. The molecule has 1 nitrogen and oxygen atoms in total. The van der Waals surface area contributed by atoms with Crippen LogP contribution in [-0.4, -0.2) is 6.04 Å². The van der Waals surface area contributed by atoms with Crippen molar-refractivity contribution in [2.45, 2.75) is 30.0 Å². The summed E-state index contributed by atoms with van der Waals surface area (Å²) in [6, 6.07) is 9.79. The molecule has 0 aliphatic heterocycles. The number of thioether (sulfide) groups is 1. The third kappa shape index (κ3) is 4.70. The lowest BCUT2D eigenvalue weighted by Gasteiger charge is -2.10. The maximum absolute atomic E-state index is 14.0. The van der Waals surface area contributed by atoms with Gasteiger partial charge in [0.05, 0.1) is 4.90 Å². The molecule has 0 aliphatic carbocycles. The minimum atomic E-state index is -0.537. The fourth-order valence-corrected chi connectivity index (χ4v) is 3.00. The highest BCUT2D eigenvalue weighted by molar-refractivity contribution is 7.98. The first kappa shape index (κ1) is 16.3. The molecular weight excluding hydrogens is 312 g/mol. The molecule has 0 bridgehead atoms. The predicted molar refractivity (Wildman–Crippen MR) is 84.7 cm³/mol. The Morgan fingerprint density at radius 2 is 1.67 bits per heavy atom. The van der Waals surface area contributed by atoms with Crippen LogP contribution in [0.4, 0.5) is 8.78 Å². The van der Waals surface area contributed by atoms with Gasteiger partial charge in [0.25, 0.3) is 0 Å². The van der Waals surface area contributed by atoms with Gasteiger partial charge >= 0.3 is 0 Å². The van der Waals surface area contributed by atoms with Crippen LogP contribution in [0.1, 0.15) is 18.1 Å². The Morgan fingerprint density at radius 1 is 1.10 bits per heavy atom. The molecule has 2 aromatic carbocycles. The van der Waals surface area contributed by atoms with Crippen LogP contribution in [0.15, 0.2) is 41.3 Å². The van der Waals surface area contributed by atoms with Crippen LogP contribution in [0, 0.1) is 11.6 Å². The molecule has 0 aliphatic rings. The Morgan fingerprint density at radius 3 is 2.19 bits per heavy atom. The van der Waals surface area contributed by atoms with E-state index in [0.717, 1.165) is 17.3 Å². The molecule has 0 saturated carbocycles. The second-order valence-electron chi connectivity index (χ2n) is 4.99. The van der Waals surface area contributed by atoms with Crippen LogP contribution in [0.3, 0.4) is 0 Å². The Labute approximate surface area is 132 Å². The zero-order chi connectivity index (χ0) is 15.4. The summed E-state index contributed by atoms with van der Waals surface area (Å²) < 4.78 is 28.0. The fourth-order valence-electron chi connectivity index (χ4n) is 1.98. The number of nitrogens with two attached hydrogens (primary N) is 1. The molecule has 0 heterocycles. The number of rotatable bonds is 5. The van der Waals surface area contributed by atoms with E-state index in [1.54, 1.807) is 19.1 Å². The fraction of sp³-hybridized carbons (Fsp3) is 0.250. The second-order valence-corrected chi connectivity index (χ2v) is 6.41. The number of halogens is 3. The van der Waals surface area contributed by atoms with E-state index in [-0.39, 0.29) is 10.9 Å². The van der Waals surface area contributed by atoms with Gasteiger partial charge in [-0.2, -0.15) is 0 Å². The third-order valence-electron chi connectivity index (χ3n) is 2.91. The van der Waals surface area contributed by atoms with E-state index in [4.69, 9.17) is 17.3 Å². The molecule has 5 heteroatoms. The van der Waals surface area contributed by atoms with Gasteiger partial charge in [-0.15, -0.1) is 11.8 Å². The topological polar surface area (TPSA) is 26.0 Å². The molecule has 1 unspecified atom stereocenters. The number of hydrogen-bond donors (Lipinski definition) is 1. The van der Waals surface area contributed by atoms with Gasteiger partial charge < -0.3 is 5.73 Å². The zero-order valence-corrected chi connectivity index (χ0v) is 13.1. The maximum Gasteiger partial charge on any atom is 0.140 e. The predicted octanol–water partition coefficient (Wildman–Crippen LogP) is 4.80. The highest BCUT2D eigenvalue weighted by atomic mass is 35.5. The number of hydrogen-bond acceptors (Lipinski definition) is 2. The minimum absolute atomic E-state index is 0.0402. The van der Waals surface area contributed by atoms with Crippen molar-refractivity contribution in [2.75, 3.05) is 0 Å². The van der Waals surface area contributed by atoms with Crippen LogP contribution in [-0.2, 0) is 12.2 Å². The van der Waals surface area contributed by atoms with Crippen molar-refractivity contribution in [1.82, 2.24) is 0 Å². The van der Waals surface area contributed by atoms with Gasteiger partial charge in [-0.25, -0.2) is 8.78 Å². The van der Waals surface area contributed by atoms with E-state index < -0.39 is 11.6 Å². The summed E-state index contributed by atoms with van der Waals surface area (Å²) >= 11 is 6.94. The molecule has 0 amide bonds. The molecule has 2 N–H and O–H groups in total. The van der Waals surface area contributed by atoms with Crippen molar-refractivity contribution < 1.29 is 8.78 Å². The van der Waals surface area contributed by atoms with Gasteiger partial charge in [-0.3, -0.25) is 0 Å². The van der Waals surface area contributed by atoms with Crippen molar-refractivity contribution in [3.05, 3.63) is 64.2 Å². The Balaban J connectivity index is 2.11. The summed E-state index contributed by atoms with van der Waals surface area (Å²) in [6.07, 6.45) is 0.454. The summed E-state index contributed by atoms with van der Waals surface area (Å²) in [7, 11) is 0. The van der Waals surface area contributed by atoms with Gasteiger partial charge in [0.1, 0.15) is 11.6 Å². The molecule has 2 aromatic rings. The second kappa shape index (κ2) is 7.25. The average Bonchev–Trinajstić information content (AvgIpc) is 2.39. The lowest BCUT2D eigenvalue weighted by atomic mass is 10.1. The first-order chi connectivity index (χ1) is 9.95. The van der Waals surface area contributed by atoms with Crippen LogP contribution >= 0.6 is 23.4 Å². The molecule has 21 heavy (non-hydrogen) atoms. The molecule has 0 aromatic heterocycles. The molecule has 0 spiro atoms. The monoisotopic (exact) mass is 327 g/mol. The minimum Gasteiger partial charge on any atom is -0.328 e. The summed E-state index contributed by atoms with van der Waals surface area (Å²) in [4.78, 5) is 0.0402. The molecular formula is C16H16ClF2NS. The lowest BCUT2D eigenvalue weighted by molar-refractivity contribution is 0.535. The molecule has 1 atom stereocenters. The van der Waals surface area contributed by atoms with Gasteiger partial charge in [-0.05, 0) is 48.7 Å². The van der Waals surface area contributed by atoms with Gasteiger partial charge in [0, 0.05) is 16.8 Å². The first-order valence-electron chi connectivity index (χ1n) is 6.56. The van der Waals surface area contributed by atoms with E-state index in [1.165, 1.54) is 12.1 Å². The van der Waals surface area contributed by atoms with E-state index >= 15 is 0 Å². The normalized spacial score (nSPS) is 12.4. The summed E-state index contributed by atoms with van der Waals surface area (Å²) in [5.41, 5.74) is 7.19. The number of benzene rings is 2. The standard InChI is InChI=1S/C16H16ClF2NS/c1-10(20)6-12-7-14(18)16(15(19)8-12)21-9-11-2-4-13(17)5-3-11/h2-5,7-8,10H,6,9,20H2,1H3.